The zero-order valence-corrected chi connectivity index (χ0v) is 20.5. The minimum Gasteiger partial charge on any atom is -0.477 e. The third kappa shape index (κ3) is 6.08. The Morgan fingerprint density at radius 3 is 2.43 bits per heavy atom. The van der Waals surface area contributed by atoms with Crippen LogP contribution in [0.1, 0.15) is 53.7 Å². The lowest BCUT2D eigenvalue weighted by atomic mass is 9.95. The van der Waals surface area contributed by atoms with E-state index >= 15 is 0 Å². The quantitative estimate of drug-likeness (QED) is 0.529. The monoisotopic (exact) mass is 500 g/mol. The Balaban J connectivity index is 1.75. The van der Waals surface area contributed by atoms with Crippen LogP contribution < -0.4 is 14.4 Å². The lowest BCUT2D eigenvalue weighted by molar-refractivity contribution is -0.123. The van der Waals surface area contributed by atoms with Crippen molar-refractivity contribution < 1.29 is 27.9 Å². The summed E-state index contributed by atoms with van der Waals surface area (Å²) in [6, 6.07) is 10.7. The standard InChI is InChI=1S/C24H28N4O6S/c1-3-18-19(14-25)21(26-23(34-4-2)20(18)24(30)31)28-12-10-17(11-13-28)22(29)27-35(32,33)15-16-8-6-5-7-9-16/h5-9,17H,3-4,10-13,15H2,1-2H3,(H,27,29)(H,30,31). The van der Waals surface area contributed by atoms with E-state index < -0.39 is 27.8 Å². The number of amides is 1. The first kappa shape index (κ1) is 26.0. The molecule has 3 rings (SSSR count). The van der Waals surface area contributed by atoms with Crippen molar-refractivity contribution in [3.05, 3.63) is 52.6 Å². The van der Waals surface area contributed by atoms with E-state index in [0.29, 0.717) is 49.3 Å². The van der Waals surface area contributed by atoms with Crippen LogP contribution in [0.25, 0.3) is 0 Å². The van der Waals surface area contributed by atoms with E-state index in [0.717, 1.165) is 0 Å². The molecule has 2 aromatic rings. The zero-order chi connectivity index (χ0) is 25.6. The van der Waals surface area contributed by atoms with Crippen LogP contribution in [-0.4, -0.2) is 50.1 Å². The number of hydrogen-bond acceptors (Lipinski definition) is 8. The molecule has 1 saturated heterocycles. The zero-order valence-electron chi connectivity index (χ0n) is 19.7. The molecule has 10 nitrogen and oxygen atoms in total. The van der Waals surface area contributed by atoms with Gasteiger partial charge in [-0.15, -0.1) is 0 Å². The van der Waals surface area contributed by atoms with Crippen LogP contribution in [0.15, 0.2) is 30.3 Å². The van der Waals surface area contributed by atoms with Crippen molar-refractivity contribution >= 4 is 27.7 Å². The first-order valence-electron chi connectivity index (χ1n) is 11.4. The summed E-state index contributed by atoms with van der Waals surface area (Å²) in [6.45, 7) is 4.38. The van der Waals surface area contributed by atoms with Gasteiger partial charge in [-0.3, -0.25) is 9.52 Å². The van der Waals surface area contributed by atoms with Gasteiger partial charge in [-0.2, -0.15) is 10.2 Å². The third-order valence-electron chi connectivity index (χ3n) is 5.83. The van der Waals surface area contributed by atoms with Gasteiger partial charge >= 0.3 is 5.97 Å². The number of aromatic carboxylic acids is 1. The SMILES string of the molecule is CCOc1nc(N2CCC(C(=O)NS(=O)(=O)Cc3ccccc3)CC2)c(C#N)c(CC)c1C(=O)O. The van der Waals surface area contributed by atoms with Crippen molar-refractivity contribution in [2.45, 2.75) is 38.9 Å². The minimum absolute atomic E-state index is 0.0438. The number of nitriles is 1. The molecule has 1 aliphatic rings. The number of carbonyl (C=O) groups excluding carboxylic acids is 1. The molecule has 186 valence electrons. The normalized spacial score (nSPS) is 14.3. The van der Waals surface area contributed by atoms with E-state index in [1.54, 1.807) is 44.2 Å². The van der Waals surface area contributed by atoms with Crippen LogP contribution in [0.4, 0.5) is 5.82 Å². The smallest absolute Gasteiger partial charge is 0.341 e. The highest BCUT2D eigenvalue weighted by molar-refractivity contribution is 7.89. The summed E-state index contributed by atoms with van der Waals surface area (Å²) in [5, 5.41) is 19.5. The van der Waals surface area contributed by atoms with Crippen molar-refractivity contribution in [3.8, 4) is 11.9 Å². The molecule has 0 atom stereocenters. The fraction of sp³-hybridized carbons (Fsp3) is 0.417. The van der Waals surface area contributed by atoms with Gasteiger partial charge in [0.05, 0.1) is 17.9 Å². The highest BCUT2D eigenvalue weighted by Crippen LogP contribution is 2.33. The Hall–Kier alpha value is -3.65. The van der Waals surface area contributed by atoms with Crippen LogP contribution in [-0.2, 0) is 27.0 Å². The molecule has 0 aliphatic carbocycles. The molecule has 2 heterocycles. The van der Waals surface area contributed by atoms with Gasteiger partial charge in [-0.25, -0.2) is 13.2 Å². The first-order chi connectivity index (χ1) is 16.7. The average molecular weight is 501 g/mol. The van der Waals surface area contributed by atoms with Crippen molar-refractivity contribution in [1.82, 2.24) is 9.71 Å². The van der Waals surface area contributed by atoms with Gasteiger partial charge < -0.3 is 14.7 Å². The molecule has 1 aliphatic heterocycles. The Morgan fingerprint density at radius 1 is 1.23 bits per heavy atom. The van der Waals surface area contributed by atoms with Crippen molar-refractivity contribution in [2.75, 3.05) is 24.6 Å². The number of sulfonamides is 1. The summed E-state index contributed by atoms with van der Waals surface area (Å²) >= 11 is 0. The number of hydrogen-bond donors (Lipinski definition) is 2. The van der Waals surface area contributed by atoms with Crippen LogP contribution in [0.5, 0.6) is 5.88 Å². The average Bonchev–Trinajstić information content (AvgIpc) is 2.83. The molecule has 2 N–H and O–H groups in total. The summed E-state index contributed by atoms with van der Waals surface area (Å²) in [6.07, 6.45) is 1.01. The van der Waals surface area contributed by atoms with Gasteiger partial charge in [-0.05, 0) is 37.3 Å². The Bertz CT molecular complexity index is 1230. The van der Waals surface area contributed by atoms with Gasteiger partial charge in [0.2, 0.25) is 21.8 Å². The minimum atomic E-state index is -3.83. The highest BCUT2D eigenvalue weighted by Gasteiger charge is 2.32. The number of carboxylic acid groups (broad SMARTS) is 1. The van der Waals surface area contributed by atoms with Gasteiger partial charge in [0.1, 0.15) is 11.6 Å². The lowest BCUT2D eigenvalue weighted by Gasteiger charge is -2.33. The molecule has 1 amide bonds. The molecule has 0 radical (unpaired) electrons. The molecule has 1 fully saturated rings. The number of anilines is 1. The first-order valence-corrected chi connectivity index (χ1v) is 13.0. The number of rotatable bonds is 9. The van der Waals surface area contributed by atoms with E-state index in [2.05, 4.69) is 15.8 Å². The number of nitrogens with zero attached hydrogens (tertiary/aromatic N) is 3. The van der Waals surface area contributed by atoms with Gasteiger partial charge in [-0.1, -0.05) is 37.3 Å². The molecule has 1 aromatic carbocycles. The second kappa shape index (κ2) is 11.2. The van der Waals surface area contributed by atoms with E-state index in [1.807, 2.05) is 4.90 Å². The summed E-state index contributed by atoms with van der Waals surface area (Å²) < 4.78 is 32.5. The largest absolute Gasteiger partial charge is 0.477 e. The van der Waals surface area contributed by atoms with E-state index in [-0.39, 0.29) is 29.4 Å². The van der Waals surface area contributed by atoms with Crippen LogP contribution in [0.2, 0.25) is 0 Å². The summed E-state index contributed by atoms with van der Waals surface area (Å²) in [7, 11) is -3.83. The second-order valence-electron chi connectivity index (χ2n) is 8.14. The van der Waals surface area contributed by atoms with Gasteiger partial charge in [0.15, 0.2) is 5.82 Å². The molecule has 0 unspecified atom stereocenters. The second-order valence-corrected chi connectivity index (χ2v) is 9.87. The lowest BCUT2D eigenvalue weighted by Crippen LogP contribution is -2.43. The third-order valence-corrected chi connectivity index (χ3v) is 7.06. The van der Waals surface area contributed by atoms with Crippen molar-refractivity contribution in [1.29, 1.82) is 5.26 Å². The fourth-order valence-corrected chi connectivity index (χ4v) is 5.36. The molecule has 0 saturated carbocycles. The van der Waals surface area contributed by atoms with Gasteiger partial charge in [0.25, 0.3) is 0 Å². The van der Waals surface area contributed by atoms with E-state index in [1.165, 1.54) is 0 Å². The van der Waals surface area contributed by atoms with Gasteiger partial charge in [0, 0.05) is 19.0 Å². The molecule has 0 bridgehead atoms. The number of aromatic nitrogens is 1. The topological polar surface area (TPSA) is 150 Å². The molecule has 0 spiro atoms. The van der Waals surface area contributed by atoms with Crippen molar-refractivity contribution in [3.63, 3.8) is 0 Å². The highest BCUT2D eigenvalue weighted by atomic mass is 32.2. The van der Waals surface area contributed by atoms with Crippen LogP contribution >= 0.6 is 0 Å². The summed E-state index contributed by atoms with van der Waals surface area (Å²) in [5.74, 6) is -2.31. The Labute approximate surface area is 204 Å². The van der Waals surface area contributed by atoms with E-state index in [4.69, 9.17) is 4.74 Å². The van der Waals surface area contributed by atoms with Crippen LogP contribution in [0, 0.1) is 17.2 Å². The summed E-state index contributed by atoms with van der Waals surface area (Å²) in [5.41, 5.74) is 0.980. The molecular weight excluding hydrogens is 472 g/mol. The molecule has 1 aromatic heterocycles. The number of piperidine rings is 1. The Morgan fingerprint density at radius 2 is 1.89 bits per heavy atom. The molecular formula is C24H28N4O6S. The molecule has 11 heteroatoms. The van der Waals surface area contributed by atoms with Crippen molar-refractivity contribution in [2.24, 2.45) is 5.92 Å². The number of pyridine rings is 1. The molecule has 35 heavy (non-hydrogen) atoms. The predicted octanol–water partition coefficient (Wildman–Crippen LogP) is 2.48. The fourth-order valence-electron chi connectivity index (χ4n) is 4.18. The van der Waals surface area contributed by atoms with Crippen LogP contribution in [0.3, 0.4) is 0 Å². The number of nitrogens with one attached hydrogen (secondary N) is 1. The van der Waals surface area contributed by atoms with E-state index in [9.17, 15) is 28.4 Å². The number of benzene rings is 1. The predicted molar refractivity (Wildman–Crippen MR) is 129 cm³/mol. The number of carboxylic acids is 1. The maximum absolute atomic E-state index is 12.7. The summed E-state index contributed by atoms with van der Waals surface area (Å²) in [4.78, 5) is 30.7. The maximum Gasteiger partial charge on any atom is 0.341 e. The number of carbonyl (C=O) groups is 2. The number of ether oxygens (including phenoxy) is 1. The maximum atomic E-state index is 12.7. The Kier molecular flexibility index (Phi) is 8.30.